The minimum Gasteiger partial charge on any atom is -0.399 e. The summed E-state index contributed by atoms with van der Waals surface area (Å²) in [6.45, 7) is 0. The van der Waals surface area contributed by atoms with Gasteiger partial charge >= 0.3 is 0 Å². The smallest absolute Gasteiger partial charge is 0.271 e. The Kier molecular flexibility index (Phi) is 21.3. The van der Waals surface area contributed by atoms with Crippen LogP contribution in [0, 0.1) is 30.3 Å². The zero-order chi connectivity index (χ0) is 55.2. The van der Waals surface area contributed by atoms with Crippen molar-refractivity contribution in [2.24, 2.45) is 0 Å². The van der Waals surface area contributed by atoms with Crippen molar-refractivity contribution in [1.82, 2.24) is 0 Å². The van der Waals surface area contributed by atoms with Gasteiger partial charge < -0.3 is 11.5 Å². The number of non-ortho nitro benzene ring substituents is 3. The quantitative estimate of drug-likeness (QED) is 0.0310. The highest BCUT2D eigenvalue weighted by Gasteiger charge is 2.17. The number of nitro groups is 3. The number of anilines is 5. The Morgan fingerprint density at radius 2 is 0.587 bits per heavy atom. The molecular weight excluding hydrogens is 1080 g/mol. The van der Waals surface area contributed by atoms with Gasteiger partial charge in [-0.25, -0.2) is 33.7 Å². The number of nitrogens with two attached hydrogens (primary N) is 2. The van der Waals surface area contributed by atoms with E-state index in [0.717, 1.165) is 0 Å². The standard InChI is InChI=1S/2C12H10N2O4S.C12H12N2O2S.C6H5ClO2S.C6H6N2O2/c2*15-14(16)11-6-4-5-10(9-11)13-19(17,18)12-7-2-1-3-8-12;13-10-5-4-6-11(9-10)14-17(15,16)12-7-2-1-3-8-12;7-10(8,9)6-4-2-1-3-5-6;7-5-2-1-3-6(4-5)8(9)10/h2*1-9,13H;1-9,14H,13H2;1-5H;1-4H,7H2. The summed E-state index contributed by atoms with van der Waals surface area (Å²) in [7, 11) is -9.49. The fourth-order valence-corrected chi connectivity index (χ4v) is 9.63. The van der Waals surface area contributed by atoms with Gasteiger partial charge in [0.15, 0.2) is 0 Å². The van der Waals surface area contributed by atoms with Crippen LogP contribution < -0.4 is 25.6 Å². The molecule has 0 unspecified atom stereocenters. The number of halogens is 1. The predicted molar refractivity (Wildman–Crippen MR) is 286 cm³/mol. The number of rotatable bonds is 13. The molecule has 27 heteroatoms. The number of hydrogen-bond acceptors (Lipinski definition) is 16. The molecule has 75 heavy (non-hydrogen) atoms. The fourth-order valence-electron chi connectivity index (χ4n) is 5.63. The van der Waals surface area contributed by atoms with Gasteiger partial charge in [-0.2, -0.15) is 0 Å². The maximum absolute atomic E-state index is 12.0. The molecule has 0 atom stereocenters. The third kappa shape index (κ3) is 19.9. The average molecular weight is 1120 g/mol. The number of benzene rings is 8. The van der Waals surface area contributed by atoms with Gasteiger partial charge in [0.1, 0.15) is 0 Å². The second kappa shape index (κ2) is 27.2. The van der Waals surface area contributed by atoms with Crippen molar-refractivity contribution in [1.29, 1.82) is 0 Å². The Bertz CT molecular complexity index is 3550. The summed E-state index contributed by atoms with van der Waals surface area (Å²) in [5.41, 5.74) is 12.2. The SMILES string of the molecule is Nc1cccc(NS(=O)(=O)c2ccccc2)c1.Nc1cccc([N+](=O)[O-])c1.O=S(=O)(Cl)c1ccccc1.O=[N+]([O-])c1cccc(NS(=O)(=O)c2ccccc2)c1.O=[N+]([O-])c1cccc(NS(=O)(=O)c2ccccc2)c1. The van der Waals surface area contributed by atoms with Crippen LogP contribution in [0.1, 0.15) is 0 Å². The van der Waals surface area contributed by atoms with Crippen LogP contribution in [0.15, 0.2) is 238 Å². The Morgan fingerprint density at radius 1 is 0.333 bits per heavy atom. The molecule has 0 heterocycles. The summed E-state index contributed by atoms with van der Waals surface area (Å²) >= 11 is 0. The molecule has 0 fully saturated rings. The highest BCUT2D eigenvalue weighted by Crippen LogP contribution is 2.23. The lowest BCUT2D eigenvalue weighted by Crippen LogP contribution is -2.12. The van der Waals surface area contributed by atoms with Gasteiger partial charge in [-0.1, -0.05) is 97.1 Å². The number of nitrogens with zero attached hydrogens (tertiary/aromatic N) is 3. The summed E-state index contributed by atoms with van der Waals surface area (Å²) in [6, 6.07) is 54.8. The van der Waals surface area contributed by atoms with Crippen molar-refractivity contribution in [3.8, 4) is 0 Å². The number of nitrogen functional groups attached to an aromatic ring is 2. The number of hydrogen-bond donors (Lipinski definition) is 5. The van der Waals surface area contributed by atoms with Crippen molar-refractivity contribution in [2.75, 3.05) is 25.6 Å². The third-order valence-electron chi connectivity index (χ3n) is 9.02. The zero-order valence-electron chi connectivity index (χ0n) is 38.5. The van der Waals surface area contributed by atoms with E-state index in [4.69, 9.17) is 22.1 Å². The second-order valence-corrected chi connectivity index (χ2v) is 22.2. The summed E-state index contributed by atoms with van der Waals surface area (Å²) < 4.78 is 100. The Labute approximate surface area is 435 Å². The molecular formula is C48H43ClN8O14S4. The van der Waals surface area contributed by atoms with Gasteiger partial charge in [0.2, 0.25) is 0 Å². The van der Waals surface area contributed by atoms with Crippen LogP contribution in [-0.2, 0) is 39.1 Å². The lowest BCUT2D eigenvalue weighted by molar-refractivity contribution is -0.385. The van der Waals surface area contributed by atoms with Gasteiger partial charge in [-0.15, -0.1) is 0 Å². The molecule has 0 aliphatic heterocycles. The van der Waals surface area contributed by atoms with E-state index in [1.165, 1.54) is 109 Å². The molecule has 0 aliphatic rings. The van der Waals surface area contributed by atoms with E-state index < -0.39 is 53.9 Å². The lowest BCUT2D eigenvalue weighted by Gasteiger charge is -2.08. The van der Waals surface area contributed by atoms with Gasteiger partial charge in [0, 0.05) is 58.5 Å². The first-order valence-electron chi connectivity index (χ1n) is 20.9. The highest BCUT2D eigenvalue weighted by atomic mass is 35.7. The van der Waals surface area contributed by atoms with E-state index in [0.29, 0.717) is 17.1 Å². The third-order valence-corrected chi connectivity index (χ3v) is 14.6. The first kappa shape index (κ1) is 58.6. The number of nitro benzene ring substituents is 3. The molecule has 0 spiro atoms. The molecule has 0 radical (unpaired) electrons. The molecule has 8 aromatic rings. The monoisotopic (exact) mass is 1120 g/mol. The van der Waals surface area contributed by atoms with Crippen molar-refractivity contribution >= 4 is 95.3 Å². The van der Waals surface area contributed by atoms with Crippen molar-refractivity contribution in [3.63, 3.8) is 0 Å². The van der Waals surface area contributed by atoms with Crippen LogP contribution in [0.3, 0.4) is 0 Å². The van der Waals surface area contributed by atoms with Gasteiger partial charge in [0.25, 0.3) is 56.2 Å². The Morgan fingerprint density at radius 3 is 0.840 bits per heavy atom. The molecule has 0 aromatic heterocycles. The van der Waals surface area contributed by atoms with E-state index in [-0.39, 0.29) is 48.0 Å². The average Bonchev–Trinajstić information content (AvgIpc) is 3.38. The first-order valence-corrected chi connectivity index (χ1v) is 27.7. The van der Waals surface area contributed by atoms with E-state index in [2.05, 4.69) is 14.2 Å². The van der Waals surface area contributed by atoms with E-state index >= 15 is 0 Å². The fraction of sp³-hybridized carbons (Fsp3) is 0. The minimum absolute atomic E-state index is 0.0278. The van der Waals surface area contributed by atoms with Gasteiger partial charge in [0.05, 0.1) is 51.4 Å². The van der Waals surface area contributed by atoms with Crippen LogP contribution in [0.2, 0.25) is 0 Å². The summed E-state index contributed by atoms with van der Waals surface area (Å²) in [6.07, 6.45) is 0. The van der Waals surface area contributed by atoms with Gasteiger partial charge in [-0.05, 0) is 84.9 Å². The maximum Gasteiger partial charge on any atom is 0.271 e. The van der Waals surface area contributed by atoms with Crippen LogP contribution in [0.5, 0.6) is 0 Å². The van der Waals surface area contributed by atoms with Crippen LogP contribution in [-0.4, -0.2) is 48.4 Å². The molecule has 0 amide bonds. The summed E-state index contributed by atoms with van der Waals surface area (Å²) in [4.78, 5) is 30.3. The van der Waals surface area contributed by atoms with E-state index in [1.54, 1.807) is 109 Å². The summed E-state index contributed by atoms with van der Waals surface area (Å²) in [5.74, 6) is 0. The molecule has 390 valence electrons. The van der Waals surface area contributed by atoms with Gasteiger partial charge in [-0.3, -0.25) is 44.5 Å². The largest absolute Gasteiger partial charge is 0.399 e. The van der Waals surface area contributed by atoms with Crippen molar-refractivity contribution < 1.29 is 48.4 Å². The zero-order valence-corrected chi connectivity index (χ0v) is 42.5. The first-order chi connectivity index (χ1) is 35.4. The molecule has 0 bridgehead atoms. The highest BCUT2D eigenvalue weighted by molar-refractivity contribution is 8.13. The molecule has 0 aliphatic carbocycles. The van der Waals surface area contributed by atoms with E-state index in [1.807, 2.05) is 0 Å². The molecule has 8 rings (SSSR count). The molecule has 22 nitrogen and oxygen atoms in total. The molecule has 0 saturated carbocycles. The lowest BCUT2D eigenvalue weighted by atomic mass is 10.3. The topological polar surface area (TPSA) is 354 Å². The second-order valence-electron chi connectivity index (χ2n) is 14.6. The van der Waals surface area contributed by atoms with E-state index in [9.17, 15) is 64.0 Å². The normalized spacial score (nSPS) is 10.8. The summed E-state index contributed by atoms with van der Waals surface area (Å²) in [5, 5.41) is 31.3. The van der Waals surface area contributed by atoms with Crippen LogP contribution in [0.4, 0.5) is 45.5 Å². The molecule has 0 saturated heterocycles. The maximum atomic E-state index is 12.0. The predicted octanol–water partition coefficient (Wildman–Crippen LogP) is 9.65. The Balaban J connectivity index is 0.000000208. The van der Waals surface area contributed by atoms with Crippen LogP contribution in [0.25, 0.3) is 0 Å². The number of nitrogens with one attached hydrogen (secondary N) is 3. The Hall–Kier alpha value is -8.95. The minimum atomic E-state index is -3.73. The van der Waals surface area contributed by atoms with Crippen molar-refractivity contribution in [2.45, 2.75) is 19.6 Å². The van der Waals surface area contributed by atoms with Crippen molar-refractivity contribution in [3.05, 3.63) is 249 Å². The molecule has 8 aromatic carbocycles. The molecule has 7 N–H and O–H groups in total. The van der Waals surface area contributed by atoms with Crippen LogP contribution >= 0.6 is 10.7 Å². The number of sulfonamides is 3.